The first-order chi connectivity index (χ1) is 11.8. The maximum Gasteiger partial charge on any atom is 0.235 e. The zero-order valence-electron chi connectivity index (χ0n) is 12.8. The Morgan fingerprint density at radius 1 is 0.958 bits per heavy atom. The predicted molar refractivity (Wildman–Crippen MR) is 94.0 cm³/mol. The molecule has 0 N–H and O–H groups in total. The lowest BCUT2D eigenvalue weighted by atomic mass is 10.1. The molecule has 0 fully saturated rings. The lowest BCUT2D eigenvalue weighted by Crippen LogP contribution is -1.91. The van der Waals surface area contributed by atoms with E-state index in [0.717, 1.165) is 26.9 Å². The Morgan fingerprint density at radius 2 is 1.83 bits per heavy atom. The van der Waals surface area contributed by atoms with E-state index in [-0.39, 0.29) is 0 Å². The standard InChI is InChI=1S/C18H12N4OS/c1-11-13(9-10-23-11)16-19-20-18-22(16)21-17(24-18)15-8-4-6-12-5-2-3-7-14(12)15/h2-10H,1H3. The second-order valence-corrected chi connectivity index (χ2v) is 6.50. The van der Waals surface area contributed by atoms with Gasteiger partial charge < -0.3 is 4.42 Å². The maximum atomic E-state index is 5.38. The number of rotatable bonds is 2. The van der Waals surface area contributed by atoms with E-state index in [1.165, 1.54) is 22.1 Å². The van der Waals surface area contributed by atoms with Crippen LogP contribution in [0.1, 0.15) is 5.76 Å². The van der Waals surface area contributed by atoms with E-state index in [1.54, 1.807) is 10.8 Å². The van der Waals surface area contributed by atoms with Gasteiger partial charge in [0.25, 0.3) is 0 Å². The lowest BCUT2D eigenvalue weighted by molar-refractivity contribution is 0.535. The predicted octanol–water partition coefficient (Wildman–Crippen LogP) is 4.57. The quantitative estimate of drug-likeness (QED) is 0.475. The molecular formula is C18H12N4OS. The van der Waals surface area contributed by atoms with Gasteiger partial charge in [0.1, 0.15) is 10.8 Å². The second kappa shape index (κ2) is 5.01. The molecule has 116 valence electrons. The Kier molecular flexibility index (Phi) is 2.80. The van der Waals surface area contributed by atoms with Crippen LogP contribution in [-0.2, 0) is 0 Å². The molecule has 5 aromatic rings. The molecule has 3 heterocycles. The van der Waals surface area contributed by atoms with Gasteiger partial charge in [-0.2, -0.15) is 9.61 Å². The Bertz CT molecular complexity index is 1180. The first kappa shape index (κ1) is 13.4. The van der Waals surface area contributed by atoms with Crippen molar-refractivity contribution in [3.8, 4) is 22.0 Å². The average Bonchev–Trinajstić information content (AvgIpc) is 3.30. The van der Waals surface area contributed by atoms with Crippen LogP contribution in [0.2, 0.25) is 0 Å². The summed E-state index contributed by atoms with van der Waals surface area (Å²) in [7, 11) is 0. The van der Waals surface area contributed by atoms with Crippen LogP contribution >= 0.6 is 11.3 Å². The number of hydrogen-bond acceptors (Lipinski definition) is 5. The minimum Gasteiger partial charge on any atom is -0.469 e. The van der Waals surface area contributed by atoms with Crippen molar-refractivity contribution in [2.75, 3.05) is 0 Å². The summed E-state index contributed by atoms with van der Waals surface area (Å²) in [6.07, 6.45) is 1.66. The van der Waals surface area contributed by atoms with Gasteiger partial charge in [-0.1, -0.05) is 53.8 Å². The molecule has 0 saturated carbocycles. The van der Waals surface area contributed by atoms with Crippen LogP contribution < -0.4 is 0 Å². The van der Waals surface area contributed by atoms with E-state index in [0.29, 0.717) is 5.82 Å². The third-order valence-corrected chi connectivity index (χ3v) is 5.04. The number of nitrogens with zero attached hydrogens (tertiary/aromatic N) is 4. The highest BCUT2D eigenvalue weighted by atomic mass is 32.1. The third-order valence-electron chi connectivity index (χ3n) is 4.11. The van der Waals surface area contributed by atoms with Gasteiger partial charge in [0.15, 0.2) is 5.82 Å². The van der Waals surface area contributed by atoms with Gasteiger partial charge in [0, 0.05) is 5.56 Å². The molecule has 0 spiro atoms. The highest BCUT2D eigenvalue weighted by Gasteiger charge is 2.17. The Hall–Kier alpha value is -2.99. The smallest absolute Gasteiger partial charge is 0.235 e. The van der Waals surface area contributed by atoms with Gasteiger partial charge in [-0.05, 0) is 23.8 Å². The summed E-state index contributed by atoms with van der Waals surface area (Å²) in [5.41, 5.74) is 2.02. The number of aromatic nitrogens is 4. The number of furan rings is 1. The Balaban J connectivity index is 1.74. The van der Waals surface area contributed by atoms with E-state index in [4.69, 9.17) is 9.52 Å². The molecule has 24 heavy (non-hydrogen) atoms. The van der Waals surface area contributed by atoms with Gasteiger partial charge in [0.2, 0.25) is 4.96 Å². The number of benzene rings is 2. The lowest BCUT2D eigenvalue weighted by Gasteiger charge is -2.02. The molecule has 0 aliphatic rings. The summed E-state index contributed by atoms with van der Waals surface area (Å²) < 4.78 is 7.17. The fourth-order valence-corrected chi connectivity index (χ4v) is 3.80. The molecule has 0 unspecified atom stereocenters. The van der Waals surface area contributed by atoms with Crippen molar-refractivity contribution < 1.29 is 4.42 Å². The first-order valence-corrected chi connectivity index (χ1v) is 8.38. The summed E-state index contributed by atoms with van der Waals surface area (Å²) in [6, 6.07) is 16.5. The van der Waals surface area contributed by atoms with Crippen molar-refractivity contribution in [2.24, 2.45) is 0 Å². The van der Waals surface area contributed by atoms with Crippen molar-refractivity contribution in [3.05, 3.63) is 60.6 Å². The van der Waals surface area contributed by atoms with Crippen LogP contribution in [-0.4, -0.2) is 19.8 Å². The monoisotopic (exact) mass is 332 g/mol. The van der Waals surface area contributed by atoms with Gasteiger partial charge in [-0.25, -0.2) is 0 Å². The highest BCUT2D eigenvalue weighted by molar-refractivity contribution is 7.19. The van der Waals surface area contributed by atoms with E-state index in [9.17, 15) is 0 Å². The molecule has 0 aliphatic carbocycles. The molecule has 5 nitrogen and oxygen atoms in total. The molecule has 0 saturated heterocycles. The van der Waals surface area contributed by atoms with Crippen LogP contribution in [0.3, 0.4) is 0 Å². The molecule has 3 aromatic heterocycles. The summed E-state index contributed by atoms with van der Waals surface area (Å²) >= 11 is 1.54. The maximum absolute atomic E-state index is 5.38. The second-order valence-electron chi connectivity index (χ2n) is 5.54. The first-order valence-electron chi connectivity index (χ1n) is 7.56. The van der Waals surface area contributed by atoms with Crippen LogP contribution in [0.25, 0.3) is 37.7 Å². The SMILES string of the molecule is Cc1occc1-c1nnc2sc(-c3cccc4ccccc34)nn12. The molecule has 0 amide bonds. The van der Waals surface area contributed by atoms with Crippen LogP contribution in [0, 0.1) is 6.92 Å². The number of fused-ring (bicyclic) bond motifs is 2. The normalized spacial score (nSPS) is 11.5. The van der Waals surface area contributed by atoms with Crippen LogP contribution in [0.5, 0.6) is 0 Å². The summed E-state index contributed by atoms with van der Waals surface area (Å²) in [6.45, 7) is 1.91. The molecule has 0 radical (unpaired) electrons. The Labute approximate surface area is 141 Å². The molecule has 5 rings (SSSR count). The van der Waals surface area contributed by atoms with E-state index < -0.39 is 0 Å². The highest BCUT2D eigenvalue weighted by Crippen LogP contribution is 2.33. The summed E-state index contributed by atoms with van der Waals surface area (Å²) in [4.78, 5) is 0.772. The zero-order valence-corrected chi connectivity index (χ0v) is 13.6. The summed E-state index contributed by atoms with van der Waals surface area (Å²) in [5, 5.41) is 16.6. The van der Waals surface area contributed by atoms with Gasteiger partial charge in [0.05, 0.1) is 11.8 Å². The zero-order chi connectivity index (χ0) is 16.1. The molecule has 6 heteroatoms. The molecule has 0 bridgehead atoms. The van der Waals surface area contributed by atoms with E-state index >= 15 is 0 Å². The molecule has 0 atom stereocenters. The number of aryl methyl sites for hydroxylation is 1. The number of hydrogen-bond donors (Lipinski definition) is 0. The fraction of sp³-hybridized carbons (Fsp3) is 0.0556. The van der Waals surface area contributed by atoms with Gasteiger partial charge in [-0.3, -0.25) is 0 Å². The topological polar surface area (TPSA) is 56.2 Å². The van der Waals surface area contributed by atoms with Crippen molar-refractivity contribution >= 4 is 27.1 Å². The third kappa shape index (κ3) is 1.90. The van der Waals surface area contributed by atoms with E-state index in [1.807, 2.05) is 25.1 Å². The Morgan fingerprint density at radius 3 is 2.71 bits per heavy atom. The van der Waals surface area contributed by atoms with Crippen LogP contribution in [0.4, 0.5) is 0 Å². The van der Waals surface area contributed by atoms with Gasteiger partial charge in [-0.15, -0.1) is 10.2 Å². The minimum atomic E-state index is 0.707. The summed E-state index contributed by atoms with van der Waals surface area (Å²) in [5.74, 6) is 1.52. The van der Waals surface area contributed by atoms with Crippen LogP contribution in [0.15, 0.2) is 59.2 Å². The van der Waals surface area contributed by atoms with Crippen molar-refractivity contribution in [2.45, 2.75) is 6.92 Å². The van der Waals surface area contributed by atoms with Crippen molar-refractivity contribution in [1.82, 2.24) is 19.8 Å². The van der Waals surface area contributed by atoms with Crippen molar-refractivity contribution in [3.63, 3.8) is 0 Å². The van der Waals surface area contributed by atoms with E-state index in [2.05, 4.69) is 40.5 Å². The van der Waals surface area contributed by atoms with Gasteiger partial charge >= 0.3 is 0 Å². The molecular weight excluding hydrogens is 320 g/mol. The molecule has 2 aromatic carbocycles. The minimum absolute atomic E-state index is 0.707. The molecule has 0 aliphatic heterocycles. The van der Waals surface area contributed by atoms with Crippen molar-refractivity contribution in [1.29, 1.82) is 0 Å². The average molecular weight is 332 g/mol. The largest absolute Gasteiger partial charge is 0.469 e. The fourth-order valence-electron chi connectivity index (χ4n) is 2.92.